The van der Waals surface area contributed by atoms with Crippen LogP contribution in [0.4, 0.5) is 0 Å². The molecule has 0 amide bonds. The van der Waals surface area contributed by atoms with Gasteiger partial charge in [-0.25, -0.2) is 0 Å². The Morgan fingerprint density at radius 3 is 2.76 bits per heavy atom. The van der Waals surface area contributed by atoms with Crippen LogP contribution in [0.5, 0.6) is 5.75 Å². The summed E-state index contributed by atoms with van der Waals surface area (Å²) in [5.41, 5.74) is 2.55. The van der Waals surface area contributed by atoms with E-state index in [9.17, 15) is 0 Å². The van der Waals surface area contributed by atoms with Gasteiger partial charge in [-0.1, -0.05) is 31.2 Å². The van der Waals surface area contributed by atoms with Crippen molar-refractivity contribution in [3.63, 3.8) is 0 Å². The molecule has 1 aromatic heterocycles. The molecule has 1 unspecified atom stereocenters. The van der Waals surface area contributed by atoms with Crippen LogP contribution in [0.2, 0.25) is 0 Å². The predicted octanol–water partition coefficient (Wildman–Crippen LogP) is 3.24. The zero-order chi connectivity index (χ0) is 14.9. The van der Waals surface area contributed by atoms with E-state index in [4.69, 9.17) is 4.74 Å². The Labute approximate surface area is 127 Å². The van der Waals surface area contributed by atoms with Crippen LogP contribution in [0.15, 0.2) is 48.8 Å². The lowest BCUT2D eigenvalue weighted by Crippen LogP contribution is -2.31. The van der Waals surface area contributed by atoms with Gasteiger partial charge in [0.2, 0.25) is 0 Å². The van der Waals surface area contributed by atoms with Crippen molar-refractivity contribution >= 4 is 0 Å². The SMILES string of the molecule is CCNC(CCc1cccnc1)Cc1ccccc1OC. The van der Waals surface area contributed by atoms with Crippen molar-refractivity contribution in [2.75, 3.05) is 13.7 Å². The summed E-state index contributed by atoms with van der Waals surface area (Å²) >= 11 is 0. The van der Waals surface area contributed by atoms with Crippen LogP contribution < -0.4 is 10.1 Å². The van der Waals surface area contributed by atoms with Gasteiger partial charge in [-0.15, -0.1) is 0 Å². The van der Waals surface area contributed by atoms with Crippen molar-refractivity contribution in [1.29, 1.82) is 0 Å². The van der Waals surface area contributed by atoms with Gasteiger partial charge in [0.05, 0.1) is 7.11 Å². The van der Waals surface area contributed by atoms with E-state index in [-0.39, 0.29) is 0 Å². The number of hydrogen-bond donors (Lipinski definition) is 1. The highest BCUT2D eigenvalue weighted by Crippen LogP contribution is 2.20. The average Bonchev–Trinajstić information content (AvgIpc) is 2.54. The third kappa shape index (κ3) is 4.87. The molecule has 0 aliphatic rings. The van der Waals surface area contributed by atoms with Crippen molar-refractivity contribution < 1.29 is 4.74 Å². The van der Waals surface area contributed by atoms with Crippen LogP contribution in [0.25, 0.3) is 0 Å². The van der Waals surface area contributed by atoms with Gasteiger partial charge in [-0.05, 0) is 49.1 Å². The number of pyridine rings is 1. The molecule has 0 aliphatic carbocycles. The molecular weight excluding hydrogens is 260 g/mol. The molecule has 21 heavy (non-hydrogen) atoms. The fourth-order valence-electron chi connectivity index (χ4n) is 2.59. The van der Waals surface area contributed by atoms with E-state index in [0.717, 1.165) is 31.6 Å². The van der Waals surface area contributed by atoms with Crippen molar-refractivity contribution in [3.05, 3.63) is 59.9 Å². The molecule has 2 aromatic rings. The van der Waals surface area contributed by atoms with E-state index < -0.39 is 0 Å². The Bertz CT molecular complexity index is 528. The highest BCUT2D eigenvalue weighted by Gasteiger charge is 2.11. The minimum absolute atomic E-state index is 0.450. The quantitative estimate of drug-likeness (QED) is 0.808. The van der Waals surface area contributed by atoms with Crippen LogP contribution >= 0.6 is 0 Å². The highest BCUT2D eigenvalue weighted by atomic mass is 16.5. The Morgan fingerprint density at radius 2 is 2.05 bits per heavy atom. The Kier molecular flexibility index (Phi) is 6.22. The Hall–Kier alpha value is -1.87. The van der Waals surface area contributed by atoms with Crippen LogP contribution in [0, 0.1) is 0 Å². The van der Waals surface area contributed by atoms with Crippen LogP contribution in [-0.2, 0) is 12.8 Å². The first-order valence-corrected chi connectivity index (χ1v) is 7.57. The molecule has 0 bridgehead atoms. The summed E-state index contributed by atoms with van der Waals surface area (Å²) in [7, 11) is 1.73. The third-order valence-corrected chi connectivity index (χ3v) is 3.66. The molecule has 1 heterocycles. The van der Waals surface area contributed by atoms with E-state index >= 15 is 0 Å². The zero-order valence-electron chi connectivity index (χ0n) is 12.9. The fraction of sp³-hybridized carbons (Fsp3) is 0.389. The minimum Gasteiger partial charge on any atom is -0.496 e. The number of para-hydroxylation sites is 1. The minimum atomic E-state index is 0.450. The second-order valence-electron chi connectivity index (χ2n) is 5.17. The van der Waals surface area contributed by atoms with E-state index in [1.54, 1.807) is 7.11 Å². The molecular formula is C18H24N2O. The monoisotopic (exact) mass is 284 g/mol. The summed E-state index contributed by atoms with van der Waals surface area (Å²) in [4.78, 5) is 4.18. The van der Waals surface area contributed by atoms with Gasteiger partial charge in [-0.2, -0.15) is 0 Å². The van der Waals surface area contributed by atoms with Gasteiger partial charge < -0.3 is 10.1 Å². The second kappa shape index (κ2) is 8.42. The van der Waals surface area contributed by atoms with E-state index in [1.165, 1.54) is 11.1 Å². The molecule has 1 atom stereocenters. The molecule has 0 saturated carbocycles. The highest BCUT2D eigenvalue weighted by molar-refractivity contribution is 5.33. The molecule has 3 heteroatoms. The summed E-state index contributed by atoms with van der Waals surface area (Å²) in [6.07, 6.45) is 6.89. The number of aryl methyl sites for hydroxylation is 1. The lowest BCUT2D eigenvalue weighted by molar-refractivity contribution is 0.403. The van der Waals surface area contributed by atoms with Gasteiger partial charge in [0.25, 0.3) is 0 Å². The van der Waals surface area contributed by atoms with Crippen molar-refractivity contribution in [1.82, 2.24) is 10.3 Å². The lowest BCUT2D eigenvalue weighted by Gasteiger charge is -2.19. The summed E-state index contributed by atoms with van der Waals surface area (Å²) < 4.78 is 5.45. The van der Waals surface area contributed by atoms with Gasteiger partial charge in [0.15, 0.2) is 0 Å². The van der Waals surface area contributed by atoms with Crippen LogP contribution in [0.1, 0.15) is 24.5 Å². The van der Waals surface area contributed by atoms with Gasteiger partial charge in [0.1, 0.15) is 5.75 Å². The molecule has 3 nitrogen and oxygen atoms in total. The predicted molar refractivity (Wildman–Crippen MR) is 86.7 cm³/mol. The summed E-state index contributed by atoms with van der Waals surface area (Å²) in [6.45, 7) is 3.13. The van der Waals surface area contributed by atoms with Crippen molar-refractivity contribution in [3.8, 4) is 5.75 Å². The number of aromatic nitrogens is 1. The number of nitrogens with zero attached hydrogens (tertiary/aromatic N) is 1. The lowest BCUT2D eigenvalue weighted by atomic mass is 9.99. The molecule has 1 aromatic carbocycles. The van der Waals surface area contributed by atoms with Gasteiger partial charge >= 0.3 is 0 Å². The number of benzene rings is 1. The number of ether oxygens (including phenoxy) is 1. The average molecular weight is 284 g/mol. The Balaban J connectivity index is 1.98. The third-order valence-electron chi connectivity index (χ3n) is 3.66. The van der Waals surface area contributed by atoms with E-state index in [1.807, 2.05) is 30.6 Å². The van der Waals surface area contributed by atoms with E-state index in [0.29, 0.717) is 6.04 Å². The summed E-state index contributed by atoms with van der Waals surface area (Å²) in [6, 6.07) is 12.8. The molecule has 0 fully saturated rings. The first-order valence-electron chi connectivity index (χ1n) is 7.57. The molecule has 112 valence electrons. The number of rotatable bonds is 8. The first-order chi connectivity index (χ1) is 10.3. The van der Waals surface area contributed by atoms with Crippen molar-refractivity contribution in [2.24, 2.45) is 0 Å². The number of hydrogen-bond acceptors (Lipinski definition) is 3. The number of nitrogens with one attached hydrogen (secondary N) is 1. The molecule has 1 N–H and O–H groups in total. The molecule has 2 rings (SSSR count). The largest absolute Gasteiger partial charge is 0.496 e. The molecule has 0 saturated heterocycles. The van der Waals surface area contributed by atoms with Gasteiger partial charge in [-0.3, -0.25) is 4.98 Å². The second-order valence-corrected chi connectivity index (χ2v) is 5.17. The number of methoxy groups -OCH3 is 1. The van der Waals surface area contributed by atoms with Gasteiger partial charge in [0, 0.05) is 18.4 Å². The smallest absolute Gasteiger partial charge is 0.122 e. The fourth-order valence-corrected chi connectivity index (χ4v) is 2.59. The maximum absolute atomic E-state index is 5.45. The van der Waals surface area contributed by atoms with Crippen molar-refractivity contribution in [2.45, 2.75) is 32.2 Å². The molecule has 0 radical (unpaired) electrons. The maximum atomic E-state index is 5.45. The van der Waals surface area contributed by atoms with Crippen LogP contribution in [-0.4, -0.2) is 24.7 Å². The Morgan fingerprint density at radius 1 is 1.19 bits per heavy atom. The standard InChI is InChI=1S/C18H24N2O/c1-3-20-17(11-10-15-7-6-12-19-14-15)13-16-8-4-5-9-18(16)21-2/h4-9,12,14,17,20H,3,10-11,13H2,1-2H3. The first kappa shape index (κ1) is 15.5. The molecule has 0 aliphatic heterocycles. The van der Waals surface area contributed by atoms with E-state index in [2.05, 4.69) is 35.4 Å². The zero-order valence-corrected chi connectivity index (χ0v) is 12.9. The maximum Gasteiger partial charge on any atom is 0.122 e. The topological polar surface area (TPSA) is 34.2 Å². The summed E-state index contributed by atoms with van der Waals surface area (Å²) in [5, 5.41) is 3.58. The van der Waals surface area contributed by atoms with Crippen LogP contribution in [0.3, 0.4) is 0 Å². The molecule has 0 spiro atoms. The normalized spacial score (nSPS) is 12.1. The number of likely N-dealkylation sites (N-methyl/N-ethyl adjacent to an activating group) is 1. The summed E-state index contributed by atoms with van der Waals surface area (Å²) in [5.74, 6) is 0.974.